The SMILES string of the molecule is Cc1cc(C)c(C(C)NC(CC(C)C)CN(C)C)c(C)n1. The summed E-state index contributed by atoms with van der Waals surface area (Å²) in [5, 5.41) is 3.82. The van der Waals surface area contributed by atoms with Crippen molar-refractivity contribution in [1.82, 2.24) is 15.2 Å². The maximum atomic E-state index is 4.63. The van der Waals surface area contributed by atoms with E-state index in [2.05, 4.69) is 76.9 Å². The van der Waals surface area contributed by atoms with Crippen LogP contribution in [0.5, 0.6) is 0 Å². The van der Waals surface area contributed by atoms with Gasteiger partial charge in [-0.05, 0) is 71.3 Å². The van der Waals surface area contributed by atoms with Gasteiger partial charge in [-0.25, -0.2) is 0 Å². The lowest BCUT2D eigenvalue weighted by atomic mass is 9.97. The van der Waals surface area contributed by atoms with Crippen molar-refractivity contribution in [3.05, 3.63) is 28.6 Å². The lowest BCUT2D eigenvalue weighted by Gasteiger charge is -2.29. The minimum atomic E-state index is 0.335. The van der Waals surface area contributed by atoms with Crippen LogP contribution < -0.4 is 5.32 Å². The van der Waals surface area contributed by atoms with Gasteiger partial charge in [-0.3, -0.25) is 4.98 Å². The van der Waals surface area contributed by atoms with E-state index in [4.69, 9.17) is 0 Å². The van der Waals surface area contributed by atoms with Gasteiger partial charge in [0.1, 0.15) is 0 Å². The highest BCUT2D eigenvalue weighted by atomic mass is 15.1. The van der Waals surface area contributed by atoms with E-state index in [1.165, 1.54) is 17.5 Å². The third-order valence-corrected chi connectivity index (χ3v) is 3.84. The second kappa shape index (κ2) is 7.90. The molecule has 0 radical (unpaired) electrons. The van der Waals surface area contributed by atoms with Gasteiger partial charge in [-0.15, -0.1) is 0 Å². The summed E-state index contributed by atoms with van der Waals surface area (Å²) in [6.07, 6.45) is 1.19. The Morgan fingerprint density at radius 1 is 1.14 bits per heavy atom. The van der Waals surface area contributed by atoms with E-state index >= 15 is 0 Å². The van der Waals surface area contributed by atoms with E-state index in [-0.39, 0.29) is 0 Å². The number of nitrogens with one attached hydrogen (secondary N) is 1. The average Bonchev–Trinajstić information content (AvgIpc) is 2.24. The fourth-order valence-corrected chi connectivity index (χ4v) is 3.33. The Morgan fingerprint density at radius 2 is 1.76 bits per heavy atom. The van der Waals surface area contributed by atoms with E-state index < -0.39 is 0 Å². The van der Waals surface area contributed by atoms with Crippen molar-refractivity contribution in [3.8, 4) is 0 Å². The van der Waals surface area contributed by atoms with Gasteiger partial charge in [0.2, 0.25) is 0 Å². The molecule has 0 fully saturated rings. The molecule has 3 heteroatoms. The molecule has 21 heavy (non-hydrogen) atoms. The van der Waals surface area contributed by atoms with Crippen molar-refractivity contribution in [3.63, 3.8) is 0 Å². The number of likely N-dealkylation sites (N-methyl/N-ethyl adjacent to an activating group) is 1. The van der Waals surface area contributed by atoms with Gasteiger partial charge in [-0.2, -0.15) is 0 Å². The highest BCUT2D eigenvalue weighted by molar-refractivity contribution is 5.33. The predicted octanol–water partition coefficient (Wildman–Crippen LogP) is 3.63. The predicted molar refractivity (Wildman–Crippen MR) is 91.8 cm³/mol. The highest BCUT2D eigenvalue weighted by Crippen LogP contribution is 2.22. The fourth-order valence-electron chi connectivity index (χ4n) is 3.33. The number of hydrogen-bond donors (Lipinski definition) is 1. The molecule has 0 aliphatic rings. The summed E-state index contributed by atoms with van der Waals surface area (Å²) in [7, 11) is 4.28. The fraction of sp³-hybridized carbons (Fsp3) is 0.722. The van der Waals surface area contributed by atoms with Crippen molar-refractivity contribution in [2.24, 2.45) is 5.92 Å². The first-order valence-electron chi connectivity index (χ1n) is 8.06. The number of pyridine rings is 1. The molecule has 3 nitrogen and oxygen atoms in total. The number of hydrogen-bond acceptors (Lipinski definition) is 3. The summed E-state index contributed by atoms with van der Waals surface area (Å²) >= 11 is 0. The minimum Gasteiger partial charge on any atom is -0.308 e. The van der Waals surface area contributed by atoms with Gasteiger partial charge in [0, 0.05) is 30.0 Å². The van der Waals surface area contributed by atoms with Crippen LogP contribution in [0.1, 0.15) is 55.7 Å². The first kappa shape index (κ1) is 18.1. The maximum absolute atomic E-state index is 4.63. The van der Waals surface area contributed by atoms with Crippen LogP contribution in [0.4, 0.5) is 0 Å². The van der Waals surface area contributed by atoms with Crippen LogP contribution in [-0.2, 0) is 0 Å². The lowest BCUT2D eigenvalue weighted by molar-refractivity contribution is 0.290. The highest BCUT2D eigenvalue weighted by Gasteiger charge is 2.18. The molecule has 0 aliphatic carbocycles. The summed E-state index contributed by atoms with van der Waals surface area (Å²) in [5.74, 6) is 0.702. The van der Waals surface area contributed by atoms with Crippen molar-refractivity contribution in [2.75, 3.05) is 20.6 Å². The normalized spacial score (nSPS) is 14.8. The molecule has 1 aromatic heterocycles. The van der Waals surface area contributed by atoms with Gasteiger partial charge in [0.05, 0.1) is 0 Å². The molecule has 1 heterocycles. The van der Waals surface area contributed by atoms with Crippen molar-refractivity contribution in [1.29, 1.82) is 0 Å². The first-order chi connectivity index (χ1) is 9.70. The van der Waals surface area contributed by atoms with E-state index in [9.17, 15) is 0 Å². The Hall–Kier alpha value is -0.930. The van der Waals surface area contributed by atoms with Crippen LogP contribution in [0.15, 0.2) is 6.07 Å². The van der Waals surface area contributed by atoms with Crippen LogP contribution >= 0.6 is 0 Å². The van der Waals surface area contributed by atoms with Crippen LogP contribution in [0.3, 0.4) is 0 Å². The van der Waals surface area contributed by atoms with Gasteiger partial charge >= 0.3 is 0 Å². The Labute approximate surface area is 131 Å². The first-order valence-corrected chi connectivity index (χ1v) is 8.06. The molecule has 0 amide bonds. The second-order valence-corrected chi connectivity index (χ2v) is 7.06. The second-order valence-electron chi connectivity index (χ2n) is 7.06. The summed E-state index contributed by atoms with van der Waals surface area (Å²) in [4.78, 5) is 6.90. The monoisotopic (exact) mass is 291 g/mol. The van der Waals surface area contributed by atoms with Crippen molar-refractivity contribution in [2.45, 2.75) is 60.0 Å². The smallest absolute Gasteiger partial charge is 0.0426 e. The van der Waals surface area contributed by atoms with E-state index in [0.717, 1.165) is 17.9 Å². The van der Waals surface area contributed by atoms with Gasteiger partial charge in [-0.1, -0.05) is 13.8 Å². The molecular formula is C18H33N3. The lowest BCUT2D eigenvalue weighted by Crippen LogP contribution is -2.40. The largest absolute Gasteiger partial charge is 0.308 e. The molecule has 0 aromatic carbocycles. The summed E-state index contributed by atoms with van der Waals surface area (Å²) < 4.78 is 0. The van der Waals surface area contributed by atoms with Crippen molar-refractivity contribution >= 4 is 0 Å². The molecule has 1 N–H and O–H groups in total. The Kier molecular flexibility index (Phi) is 6.82. The average molecular weight is 291 g/mol. The third kappa shape index (κ3) is 5.76. The molecule has 1 rings (SSSR count). The molecule has 0 bridgehead atoms. The topological polar surface area (TPSA) is 28.2 Å². The van der Waals surface area contributed by atoms with Crippen LogP contribution in [0.2, 0.25) is 0 Å². The Bertz CT molecular complexity index is 419. The summed E-state index contributed by atoms with van der Waals surface area (Å²) in [6.45, 7) is 14.3. The molecule has 0 saturated carbocycles. The molecule has 0 spiro atoms. The molecule has 0 saturated heterocycles. The molecular weight excluding hydrogens is 258 g/mol. The number of rotatable bonds is 7. The van der Waals surface area contributed by atoms with E-state index in [1.54, 1.807) is 0 Å². The molecule has 120 valence electrons. The Balaban J connectivity index is 2.88. The standard InChI is InChI=1S/C18H33N3/c1-12(2)9-17(11-21(7)8)20-16(6)18-13(3)10-14(4)19-15(18)5/h10,12,16-17,20H,9,11H2,1-8H3. The molecule has 1 aromatic rings. The number of aromatic nitrogens is 1. The quantitative estimate of drug-likeness (QED) is 0.831. The van der Waals surface area contributed by atoms with E-state index in [0.29, 0.717) is 18.0 Å². The Morgan fingerprint density at radius 3 is 2.24 bits per heavy atom. The number of aryl methyl sites for hydroxylation is 3. The maximum Gasteiger partial charge on any atom is 0.0426 e. The van der Waals surface area contributed by atoms with Gasteiger partial charge < -0.3 is 10.2 Å². The third-order valence-electron chi connectivity index (χ3n) is 3.84. The van der Waals surface area contributed by atoms with Gasteiger partial charge in [0.25, 0.3) is 0 Å². The zero-order chi connectivity index (χ0) is 16.2. The molecule has 2 atom stereocenters. The minimum absolute atomic E-state index is 0.335. The van der Waals surface area contributed by atoms with Crippen LogP contribution in [0, 0.1) is 26.7 Å². The van der Waals surface area contributed by atoms with E-state index in [1.807, 2.05) is 0 Å². The zero-order valence-corrected chi connectivity index (χ0v) is 15.1. The van der Waals surface area contributed by atoms with Gasteiger partial charge in [0.15, 0.2) is 0 Å². The zero-order valence-electron chi connectivity index (χ0n) is 15.1. The summed E-state index contributed by atoms with van der Waals surface area (Å²) in [6, 6.07) is 3.03. The number of nitrogens with zero attached hydrogens (tertiary/aromatic N) is 2. The molecule has 2 unspecified atom stereocenters. The summed E-state index contributed by atoms with van der Waals surface area (Å²) in [5.41, 5.74) is 4.95. The molecule has 0 aliphatic heterocycles. The van der Waals surface area contributed by atoms with Crippen LogP contribution in [0.25, 0.3) is 0 Å². The van der Waals surface area contributed by atoms with Crippen LogP contribution in [-0.4, -0.2) is 36.6 Å². The van der Waals surface area contributed by atoms with Crippen molar-refractivity contribution < 1.29 is 0 Å².